The molecule has 4 rings (SSSR count). The lowest BCUT2D eigenvalue weighted by Crippen LogP contribution is -2.31. The number of nitrogens with zero attached hydrogens (tertiary/aromatic N) is 2. The maximum atomic E-state index is 13.6. The number of rotatable bonds is 7. The molecule has 0 saturated carbocycles. The van der Waals surface area contributed by atoms with Crippen molar-refractivity contribution < 1.29 is 24.2 Å². The third-order valence-corrected chi connectivity index (χ3v) is 6.55. The summed E-state index contributed by atoms with van der Waals surface area (Å²) in [5.41, 5.74) is 1.81. The molecule has 2 heterocycles. The first-order valence-corrected chi connectivity index (χ1v) is 11.7. The zero-order valence-electron chi connectivity index (χ0n) is 19.7. The van der Waals surface area contributed by atoms with Crippen LogP contribution in [0.1, 0.15) is 45.8 Å². The third kappa shape index (κ3) is 4.28. The van der Waals surface area contributed by atoms with Gasteiger partial charge >= 0.3 is 0 Å². The number of anilines is 1. The fraction of sp³-hybridized carbons (Fsp3) is 0.269. The summed E-state index contributed by atoms with van der Waals surface area (Å²) in [6, 6.07) is 13.3. The van der Waals surface area contributed by atoms with Crippen molar-refractivity contribution in [3.05, 3.63) is 81.0 Å². The fourth-order valence-electron chi connectivity index (χ4n) is 4.03. The molecule has 0 bridgehead atoms. The summed E-state index contributed by atoms with van der Waals surface area (Å²) < 4.78 is 11.0. The number of Topliss-reactive ketones (excluding diaryl/α,β-unsaturated/α-hetero) is 1. The van der Waals surface area contributed by atoms with Gasteiger partial charge in [-0.3, -0.25) is 14.5 Å². The quantitative estimate of drug-likeness (QED) is 0.461. The van der Waals surface area contributed by atoms with Crippen LogP contribution in [0.25, 0.3) is 0 Å². The Kier molecular flexibility index (Phi) is 6.43. The van der Waals surface area contributed by atoms with Crippen LogP contribution in [0, 0.1) is 13.8 Å². The monoisotopic (exact) mass is 478 g/mol. The fourth-order valence-corrected chi connectivity index (χ4v) is 4.90. The molecule has 0 fully saturated rings. The minimum atomic E-state index is -0.815. The molecule has 176 valence electrons. The average molecular weight is 479 g/mol. The van der Waals surface area contributed by atoms with Crippen molar-refractivity contribution in [2.45, 2.75) is 39.8 Å². The number of hydrogen-bond donors (Lipinski definition) is 1. The molecular formula is C26H26N2O5S. The molecule has 7 nitrogen and oxygen atoms in total. The van der Waals surface area contributed by atoms with Crippen molar-refractivity contribution in [3.63, 3.8) is 0 Å². The number of ether oxygens (including phenoxy) is 2. The molecule has 0 aliphatic carbocycles. The van der Waals surface area contributed by atoms with Crippen LogP contribution in [0.15, 0.2) is 59.9 Å². The van der Waals surface area contributed by atoms with E-state index in [1.807, 2.05) is 20.8 Å². The minimum Gasteiger partial charge on any atom is -0.503 e. The molecule has 1 amide bonds. The Hall–Kier alpha value is -3.65. The maximum absolute atomic E-state index is 13.6. The predicted octanol–water partition coefficient (Wildman–Crippen LogP) is 5.34. The summed E-state index contributed by atoms with van der Waals surface area (Å²) in [7, 11) is 1.57. The van der Waals surface area contributed by atoms with E-state index >= 15 is 0 Å². The van der Waals surface area contributed by atoms with E-state index in [1.54, 1.807) is 62.6 Å². The van der Waals surface area contributed by atoms with E-state index in [-0.39, 0.29) is 11.7 Å². The van der Waals surface area contributed by atoms with Gasteiger partial charge in [-0.2, -0.15) is 0 Å². The van der Waals surface area contributed by atoms with Gasteiger partial charge in [0.15, 0.2) is 5.76 Å². The highest BCUT2D eigenvalue weighted by Crippen LogP contribution is 2.43. The number of thiazole rings is 1. The molecule has 1 aliphatic rings. The summed E-state index contributed by atoms with van der Waals surface area (Å²) in [5.74, 6) is -0.295. The van der Waals surface area contributed by atoms with Crippen LogP contribution < -0.4 is 14.4 Å². The van der Waals surface area contributed by atoms with Gasteiger partial charge in [0.05, 0.1) is 40.4 Å². The molecule has 1 N–H and O–H groups in total. The third-order valence-electron chi connectivity index (χ3n) is 5.48. The van der Waals surface area contributed by atoms with E-state index in [2.05, 4.69) is 4.98 Å². The summed E-state index contributed by atoms with van der Waals surface area (Å²) in [6.45, 7) is 7.43. The first-order chi connectivity index (χ1) is 16.2. The zero-order chi connectivity index (χ0) is 24.6. The van der Waals surface area contributed by atoms with Crippen LogP contribution in [-0.2, 0) is 4.79 Å². The van der Waals surface area contributed by atoms with Gasteiger partial charge < -0.3 is 14.6 Å². The lowest BCUT2D eigenvalue weighted by atomic mass is 9.94. The molecule has 0 spiro atoms. The van der Waals surface area contributed by atoms with Crippen molar-refractivity contribution in [1.82, 2.24) is 4.98 Å². The van der Waals surface area contributed by atoms with Crippen molar-refractivity contribution in [2.75, 3.05) is 12.0 Å². The van der Waals surface area contributed by atoms with Gasteiger partial charge in [0.1, 0.15) is 11.5 Å². The highest BCUT2D eigenvalue weighted by Gasteiger charge is 2.45. The van der Waals surface area contributed by atoms with Gasteiger partial charge in [0.25, 0.3) is 5.91 Å². The van der Waals surface area contributed by atoms with Gasteiger partial charge in [-0.25, -0.2) is 4.98 Å². The van der Waals surface area contributed by atoms with Crippen LogP contribution in [-0.4, -0.2) is 35.0 Å². The number of carbonyl (C=O) groups excluding carboxylic acids is 2. The Labute approximate surface area is 202 Å². The number of methoxy groups -OCH3 is 1. The first-order valence-electron chi connectivity index (χ1n) is 10.9. The molecule has 3 aromatic rings. The molecule has 1 atom stereocenters. The summed E-state index contributed by atoms with van der Waals surface area (Å²) in [6.07, 6.45) is 0.00681. The summed E-state index contributed by atoms with van der Waals surface area (Å²) >= 11 is 1.25. The van der Waals surface area contributed by atoms with Crippen molar-refractivity contribution in [3.8, 4) is 11.5 Å². The Balaban J connectivity index is 1.82. The van der Waals surface area contributed by atoms with Crippen LogP contribution in [0.2, 0.25) is 0 Å². The van der Waals surface area contributed by atoms with Crippen molar-refractivity contribution in [2.24, 2.45) is 0 Å². The highest BCUT2D eigenvalue weighted by molar-refractivity contribution is 7.14. The molecule has 1 aliphatic heterocycles. The molecule has 1 aromatic heterocycles. The highest BCUT2D eigenvalue weighted by atomic mass is 32.1. The van der Waals surface area contributed by atoms with E-state index in [0.717, 1.165) is 5.01 Å². The van der Waals surface area contributed by atoms with Crippen LogP contribution in [0.4, 0.5) is 5.69 Å². The van der Waals surface area contributed by atoms with Crippen molar-refractivity contribution in [1.29, 1.82) is 0 Å². The second-order valence-corrected chi connectivity index (χ2v) is 9.45. The van der Waals surface area contributed by atoms with E-state index in [9.17, 15) is 14.7 Å². The van der Waals surface area contributed by atoms with Crippen LogP contribution in [0.3, 0.4) is 0 Å². The normalized spacial score (nSPS) is 15.9. The number of hydrogen-bond acceptors (Lipinski definition) is 7. The second-order valence-electron chi connectivity index (χ2n) is 8.25. The van der Waals surface area contributed by atoms with E-state index in [4.69, 9.17) is 9.47 Å². The lowest BCUT2D eigenvalue weighted by molar-refractivity contribution is -0.117. The van der Waals surface area contributed by atoms with Gasteiger partial charge in [-0.15, -0.1) is 11.3 Å². The molecule has 0 radical (unpaired) electrons. The van der Waals surface area contributed by atoms with E-state index in [0.29, 0.717) is 33.3 Å². The number of ketones is 1. The number of aliphatic hydroxyl groups excluding tert-OH is 1. The Bertz CT molecular complexity index is 1260. The number of amides is 1. The van der Waals surface area contributed by atoms with E-state index < -0.39 is 23.5 Å². The zero-order valence-corrected chi connectivity index (χ0v) is 20.5. The molecule has 34 heavy (non-hydrogen) atoms. The molecule has 0 saturated heterocycles. The molecule has 8 heteroatoms. The molecule has 1 unspecified atom stereocenters. The van der Waals surface area contributed by atoms with Crippen molar-refractivity contribution >= 4 is 28.7 Å². The smallest absolute Gasteiger partial charge is 0.294 e. The number of benzene rings is 2. The van der Waals surface area contributed by atoms with Gasteiger partial charge in [-0.05, 0) is 69.7 Å². The average Bonchev–Trinajstić information content (AvgIpc) is 3.29. The Morgan fingerprint density at radius 1 is 1.06 bits per heavy atom. The SMILES string of the molecule is COc1ccc(C2C(C(=O)c3sc(C)nc3C)=C(O)C(=O)N2c2ccc(OC(C)C)cc2)cc1. The first kappa shape index (κ1) is 23.5. The minimum absolute atomic E-state index is 0.00681. The topological polar surface area (TPSA) is 89.0 Å². The largest absolute Gasteiger partial charge is 0.503 e. The summed E-state index contributed by atoms with van der Waals surface area (Å²) in [5, 5.41) is 11.7. The predicted molar refractivity (Wildman–Crippen MR) is 131 cm³/mol. The number of aliphatic hydroxyl groups is 1. The Morgan fingerprint density at radius 2 is 1.68 bits per heavy atom. The number of aryl methyl sites for hydroxylation is 2. The second kappa shape index (κ2) is 9.30. The van der Waals surface area contributed by atoms with Crippen LogP contribution in [0.5, 0.6) is 11.5 Å². The number of carbonyl (C=O) groups is 2. The van der Waals surface area contributed by atoms with Gasteiger partial charge in [0, 0.05) is 5.69 Å². The van der Waals surface area contributed by atoms with Gasteiger partial charge in [0.2, 0.25) is 5.78 Å². The standard InChI is InChI=1S/C26H26N2O5S/c1-14(2)33-20-12-8-18(9-13-20)28-22(17-6-10-19(32-5)11-7-17)21(24(30)26(28)31)23(29)25-15(3)27-16(4)34-25/h6-14,22,30H,1-5H3. The van der Waals surface area contributed by atoms with Crippen LogP contribution >= 0.6 is 11.3 Å². The van der Waals surface area contributed by atoms with Gasteiger partial charge in [-0.1, -0.05) is 12.1 Å². The number of aromatic nitrogens is 1. The summed E-state index contributed by atoms with van der Waals surface area (Å²) in [4.78, 5) is 33.1. The lowest BCUT2D eigenvalue weighted by Gasteiger charge is -2.27. The molecule has 2 aromatic carbocycles. The Morgan fingerprint density at radius 3 is 2.21 bits per heavy atom. The maximum Gasteiger partial charge on any atom is 0.294 e. The van der Waals surface area contributed by atoms with E-state index in [1.165, 1.54) is 16.2 Å². The molecular weight excluding hydrogens is 452 g/mol.